The van der Waals surface area contributed by atoms with E-state index in [-0.39, 0.29) is 0 Å². The van der Waals surface area contributed by atoms with Crippen molar-refractivity contribution in [2.45, 2.75) is 0 Å². The molecule has 0 atom stereocenters. The van der Waals surface area contributed by atoms with Gasteiger partial charge in [-0.3, -0.25) is 0 Å². The summed E-state index contributed by atoms with van der Waals surface area (Å²) in [5, 5.41) is 2.80. The Kier molecular flexibility index (Phi) is 3.28. The number of benzene rings is 1. The van der Waals surface area contributed by atoms with Crippen LogP contribution >= 0.6 is 0 Å². The van der Waals surface area contributed by atoms with Crippen LogP contribution < -0.4 is 4.74 Å². The molecule has 1 aliphatic heterocycles. The summed E-state index contributed by atoms with van der Waals surface area (Å²) in [5.74, 6) is 1.75. The van der Waals surface area contributed by atoms with Crippen LogP contribution in [0.5, 0.6) is 5.75 Å². The molecule has 1 heterocycles. The molecule has 0 aromatic heterocycles. The molecule has 0 saturated carbocycles. The van der Waals surface area contributed by atoms with E-state index < -0.39 is 0 Å². The van der Waals surface area contributed by atoms with Gasteiger partial charge in [0.25, 0.3) is 5.84 Å². The zero-order valence-electron chi connectivity index (χ0n) is 11.0. The van der Waals surface area contributed by atoms with E-state index in [0.29, 0.717) is 4.59 Å². The number of rotatable bonds is 2. The highest BCUT2D eigenvalue weighted by Gasteiger charge is 2.32. The molecule has 1 aromatic rings. The molecule has 1 aliphatic rings. The second-order valence-electron chi connectivity index (χ2n) is 4.57. The molecule has 18 heavy (non-hydrogen) atoms. The van der Waals surface area contributed by atoms with E-state index in [2.05, 4.69) is 19.1 Å². The van der Waals surface area contributed by atoms with Crippen molar-refractivity contribution < 1.29 is 9.33 Å². The average molecular weight is 263 g/mol. The molecule has 0 amide bonds. The summed E-state index contributed by atoms with van der Waals surface area (Å²) in [6, 6.07) is 7.66. The molecular weight excluding hydrogens is 246 g/mol. The Labute approximate surface area is 113 Å². The van der Waals surface area contributed by atoms with Crippen LogP contribution in [0.15, 0.2) is 40.4 Å². The van der Waals surface area contributed by atoms with E-state index in [1.807, 2.05) is 42.4 Å². The smallest absolute Gasteiger partial charge is 0.252 e. The van der Waals surface area contributed by atoms with E-state index in [4.69, 9.17) is 17.4 Å². The topological polar surface area (TPSA) is 24.8 Å². The Bertz CT molecular complexity index is 505. The van der Waals surface area contributed by atoms with Crippen LogP contribution in [0.4, 0.5) is 5.69 Å². The van der Waals surface area contributed by atoms with Gasteiger partial charge in [-0.25, -0.2) is 5.01 Å². The fourth-order valence-corrected chi connectivity index (χ4v) is 2.02. The first-order chi connectivity index (χ1) is 8.45. The van der Waals surface area contributed by atoms with Gasteiger partial charge in [-0.05, 0) is 29.3 Å². The molecule has 0 saturated heterocycles. The van der Waals surface area contributed by atoms with Gasteiger partial charge < -0.3 is 17.4 Å². The fraction of sp³-hybridized carbons (Fsp3) is 0.308. The number of hydrogen-bond donors (Lipinski definition) is 0. The number of aliphatic imine (C=N–C) groups is 1. The zero-order chi connectivity index (χ0) is 13.3. The molecule has 1 aromatic carbocycles. The summed E-state index contributed by atoms with van der Waals surface area (Å²) in [6.07, 6.45) is 1.93. The van der Waals surface area contributed by atoms with Gasteiger partial charge in [0.05, 0.1) is 33.9 Å². The van der Waals surface area contributed by atoms with Gasteiger partial charge in [-0.1, -0.05) is 0 Å². The number of methoxy groups -OCH3 is 1. The minimum atomic E-state index is 0.533. The third-order valence-electron chi connectivity index (χ3n) is 3.20. The van der Waals surface area contributed by atoms with Crippen LogP contribution in [0.2, 0.25) is 0 Å². The normalized spacial score (nSPS) is 20.1. The lowest BCUT2D eigenvalue weighted by molar-refractivity contribution is -0.907. The Morgan fingerprint density at radius 3 is 2.28 bits per heavy atom. The van der Waals surface area contributed by atoms with Crippen molar-refractivity contribution in [1.82, 2.24) is 5.01 Å². The third-order valence-corrected chi connectivity index (χ3v) is 3.58. The van der Waals surface area contributed by atoms with Crippen molar-refractivity contribution in [3.8, 4) is 5.75 Å². The number of ether oxygens (including phenoxy) is 1. The van der Waals surface area contributed by atoms with E-state index in [1.54, 1.807) is 7.11 Å². The SMILES string of the molecule is COc1ccc(N=C2C=C([S-])N(C)[N+]2(C)C)cc1. The van der Waals surface area contributed by atoms with E-state index in [0.717, 1.165) is 22.3 Å². The Balaban J connectivity index is 2.33. The van der Waals surface area contributed by atoms with Crippen LogP contribution in [0.25, 0.3) is 0 Å². The van der Waals surface area contributed by atoms with Crippen molar-refractivity contribution >= 4 is 24.2 Å². The van der Waals surface area contributed by atoms with Crippen LogP contribution in [0.3, 0.4) is 0 Å². The second-order valence-corrected chi connectivity index (χ2v) is 4.99. The van der Waals surface area contributed by atoms with Gasteiger partial charge in [0.2, 0.25) is 0 Å². The summed E-state index contributed by atoms with van der Waals surface area (Å²) in [6.45, 7) is 0. The van der Waals surface area contributed by atoms with Crippen molar-refractivity contribution in [2.24, 2.45) is 4.99 Å². The molecule has 0 N–H and O–H groups in total. The van der Waals surface area contributed by atoms with Gasteiger partial charge in [-0.15, -0.1) is 0 Å². The molecule has 0 unspecified atom stereocenters. The molecule has 0 fully saturated rings. The highest BCUT2D eigenvalue weighted by Crippen LogP contribution is 2.25. The van der Waals surface area contributed by atoms with Gasteiger partial charge in [-0.2, -0.15) is 9.58 Å². The summed E-state index contributed by atoms with van der Waals surface area (Å²) < 4.78 is 5.66. The van der Waals surface area contributed by atoms with Crippen molar-refractivity contribution in [1.29, 1.82) is 0 Å². The molecule has 5 heteroatoms. The predicted octanol–water partition coefficient (Wildman–Crippen LogP) is 2.05. The predicted molar refractivity (Wildman–Crippen MR) is 75.4 cm³/mol. The first kappa shape index (κ1) is 12.9. The third kappa shape index (κ3) is 2.19. The van der Waals surface area contributed by atoms with E-state index in [9.17, 15) is 0 Å². The maximum atomic E-state index is 5.28. The van der Waals surface area contributed by atoms with Crippen molar-refractivity contribution in [2.75, 3.05) is 28.3 Å². The Hall–Kier alpha value is -1.59. The van der Waals surface area contributed by atoms with Gasteiger partial charge in [0.15, 0.2) is 0 Å². The largest absolute Gasteiger partial charge is 0.757 e. The Morgan fingerprint density at radius 2 is 1.83 bits per heavy atom. The first-order valence-electron chi connectivity index (χ1n) is 5.65. The molecule has 0 spiro atoms. The molecule has 0 radical (unpaired) electrons. The summed E-state index contributed by atoms with van der Waals surface area (Å²) in [7, 11) is 7.73. The van der Waals surface area contributed by atoms with Crippen molar-refractivity contribution in [3.05, 3.63) is 35.4 Å². The standard InChI is InChI=1S/C13H17N3OS/c1-15-13(18)9-12(16(15,2)3)14-10-5-7-11(17-4)8-6-10/h5-9H,1-4H3. The lowest BCUT2D eigenvalue weighted by atomic mass is 10.3. The van der Waals surface area contributed by atoms with Gasteiger partial charge >= 0.3 is 0 Å². The van der Waals surface area contributed by atoms with E-state index in [1.165, 1.54) is 0 Å². The molecular formula is C13H17N3OS. The molecule has 0 aliphatic carbocycles. The van der Waals surface area contributed by atoms with Crippen LogP contribution in [-0.2, 0) is 12.6 Å². The lowest BCUT2D eigenvalue weighted by Gasteiger charge is -2.35. The zero-order valence-corrected chi connectivity index (χ0v) is 11.9. The maximum Gasteiger partial charge on any atom is 0.252 e. The first-order valence-corrected chi connectivity index (χ1v) is 6.06. The Morgan fingerprint density at radius 1 is 1.22 bits per heavy atom. The molecule has 0 bridgehead atoms. The number of nitrogens with zero attached hydrogens (tertiary/aromatic N) is 3. The summed E-state index contributed by atoms with van der Waals surface area (Å²) in [4.78, 5) is 4.64. The quantitative estimate of drug-likeness (QED) is 0.603. The highest BCUT2D eigenvalue weighted by molar-refractivity contribution is 7.63. The maximum absolute atomic E-state index is 5.28. The monoisotopic (exact) mass is 263 g/mol. The van der Waals surface area contributed by atoms with Crippen LogP contribution in [0.1, 0.15) is 0 Å². The average Bonchev–Trinajstić information content (AvgIpc) is 2.54. The molecule has 2 rings (SSSR count). The summed E-state index contributed by atoms with van der Waals surface area (Å²) in [5.41, 5.74) is 0.895. The van der Waals surface area contributed by atoms with Crippen LogP contribution in [-0.4, -0.2) is 43.7 Å². The number of quaternary nitrogens is 1. The fourth-order valence-electron chi connectivity index (χ4n) is 1.71. The molecule has 4 nitrogen and oxygen atoms in total. The lowest BCUT2D eigenvalue weighted by Crippen LogP contribution is -2.50. The van der Waals surface area contributed by atoms with Crippen molar-refractivity contribution in [3.63, 3.8) is 0 Å². The minimum Gasteiger partial charge on any atom is -0.757 e. The van der Waals surface area contributed by atoms with Gasteiger partial charge in [0, 0.05) is 6.08 Å². The van der Waals surface area contributed by atoms with Crippen LogP contribution in [0, 0.1) is 0 Å². The van der Waals surface area contributed by atoms with Gasteiger partial charge in [0.1, 0.15) is 5.75 Å². The minimum absolute atomic E-state index is 0.533. The number of likely N-dealkylation sites (N-methyl/N-ethyl adjacent to an activating group) is 1. The number of amidine groups is 1. The second kappa shape index (κ2) is 4.59. The highest BCUT2D eigenvalue weighted by atomic mass is 32.1. The van der Waals surface area contributed by atoms with E-state index >= 15 is 0 Å². The molecule has 96 valence electrons. The number of hydrogen-bond acceptors (Lipinski definition) is 4. The summed E-state index contributed by atoms with van der Waals surface area (Å²) >= 11 is 5.28.